The molecule has 1 aliphatic heterocycles. The maximum atomic E-state index is 11.4. The average Bonchev–Trinajstić information content (AvgIpc) is 3.07. The molecule has 180 valence electrons. The zero-order chi connectivity index (χ0) is 24.8. The molecule has 7 nitrogen and oxygen atoms in total. The predicted octanol–water partition coefficient (Wildman–Crippen LogP) is 3.84. The zero-order valence-electron chi connectivity index (χ0n) is 21.1. The first kappa shape index (κ1) is 31.2. The average molecular weight is 441 g/mol. The molecule has 1 fully saturated rings. The molecule has 31 heavy (non-hydrogen) atoms. The molecule has 0 radical (unpaired) electrons. The lowest BCUT2D eigenvalue weighted by Crippen LogP contribution is -2.48. The van der Waals surface area contributed by atoms with Crippen molar-refractivity contribution in [1.82, 2.24) is 0 Å². The molecule has 0 aromatic heterocycles. The van der Waals surface area contributed by atoms with Gasteiger partial charge in [-0.3, -0.25) is 9.59 Å². The molecule has 0 unspecified atom stereocenters. The van der Waals surface area contributed by atoms with Gasteiger partial charge < -0.3 is 25.2 Å². The summed E-state index contributed by atoms with van der Waals surface area (Å²) in [5, 5.41) is 8.06. The number of methoxy groups -OCH3 is 2. The van der Waals surface area contributed by atoms with E-state index in [1.165, 1.54) is 12.5 Å². The minimum atomic E-state index is -0.333. The minimum Gasteiger partial charge on any atom is -0.394 e. The number of aliphatic hydroxyl groups is 1. The Hall–Kier alpha value is -1.96. The Labute approximate surface area is 188 Å². The molecular weight excluding hydrogens is 396 g/mol. The maximum Gasteiger partial charge on any atom is 0.227 e. The second kappa shape index (κ2) is 14.9. The standard InChI is InChI=1S/C11H13NO.C8H18O2.C3H8O.C2H5NO/c1-9-4-2-5-10(8-9)12-7-3-6-11(12)13;1-7(2,9-5)8(3,4)10-6;1-3(2)4;1-2(3)4/h2,4-5,8H,3,6-7H2,1H3;1-6H3;3-4H,1-2H3;1H3,(H2,3,4). The van der Waals surface area contributed by atoms with Crippen molar-refractivity contribution in [3.63, 3.8) is 0 Å². The number of anilines is 1. The van der Waals surface area contributed by atoms with Crippen molar-refractivity contribution in [1.29, 1.82) is 0 Å². The molecule has 1 aliphatic rings. The van der Waals surface area contributed by atoms with Crippen LogP contribution >= 0.6 is 0 Å². The number of benzene rings is 1. The number of hydrogen-bond acceptors (Lipinski definition) is 5. The number of nitrogens with two attached hydrogens (primary N) is 1. The molecular formula is C24H44N2O5. The number of hydrogen-bond donors (Lipinski definition) is 2. The summed E-state index contributed by atoms with van der Waals surface area (Å²) in [6.45, 7) is 15.7. The van der Waals surface area contributed by atoms with Crippen LogP contribution in [0.2, 0.25) is 0 Å². The topological polar surface area (TPSA) is 102 Å². The van der Waals surface area contributed by atoms with E-state index in [0.29, 0.717) is 6.42 Å². The number of carbonyl (C=O) groups excluding carboxylic acids is 2. The van der Waals surface area contributed by atoms with Gasteiger partial charge in [-0.15, -0.1) is 0 Å². The Morgan fingerprint density at radius 3 is 1.84 bits per heavy atom. The Kier molecular flexibility index (Phi) is 15.1. The van der Waals surface area contributed by atoms with E-state index < -0.39 is 0 Å². The van der Waals surface area contributed by atoms with Gasteiger partial charge in [-0.25, -0.2) is 0 Å². The lowest BCUT2D eigenvalue weighted by atomic mass is 9.89. The maximum absolute atomic E-state index is 11.4. The fourth-order valence-electron chi connectivity index (χ4n) is 2.21. The minimum absolute atomic E-state index is 0.167. The van der Waals surface area contributed by atoms with Gasteiger partial charge in [0.2, 0.25) is 11.8 Å². The van der Waals surface area contributed by atoms with Gasteiger partial charge in [0.15, 0.2) is 0 Å². The van der Waals surface area contributed by atoms with Gasteiger partial charge in [-0.05, 0) is 72.6 Å². The fraction of sp³-hybridized carbons (Fsp3) is 0.667. The summed E-state index contributed by atoms with van der Waals surface area (Å²) in [5.41, 5.74) is 6.25. The van der Waals surface area contributed by atoms with Crippen molar-refractivity contribution in [2.75, 3.05) is 25.7 Å². The number of primary amides is 1. The van der Waals surface area contributed by atoms with Crippen molar-refractivity contribution >= 4 is 17.5 Å². The zero-order valence-corrected chi connectivity index (χ0v) is 21.1. The highest BCUT2D eigenvalue weighted by Crippen LogP contribution is 2.27. The first-order valence-electron chi connectivity index (χ1n) is 10.5. The van der Waals surface area contributed by atoms with Crippen LogP contribution in [-0.4, -0.2) is 55.0 Å². The molecule has 3 N–H and O–H groups in total. The lowest BCUT2D eigenvalue weighted by Gasteiger charge is -2.38. The molecule has 1 saturated heterocycles. The van der Waals surface area contributed by atoms with Gasteiger partial charge in [0, 0.05) is 45.9 Å². The van der Waals surface area contributed by atoms with E-state index in [0.717, 1.165) is 18.7 Å². The highest BCUT2D eigenvalue weighted by atomic mass is 16.5. The molecule has 7 heteroatoms. The third kappa shape index (κ3) is 13.9. The molecule has 1 aromatic carbocycles. The Bertz CT molecular complexity index is 636. The highest BCUT2D eigenvalue weighted by Gasteiger charge is 2.36. The van der Waals surface area contributed by atoms with E-state index >= 15 is 0 Å². The summed E-state index contributed by atoms with van der Waals surface area (Å²) in [7, 11) is 3.39. The second-order valence-corrected chi connectivity index (χ2v) is 8.62. The summed E-state index contributed by atoms with van der Waals surface area (Å²) < 4.78 is 10.5. The molecule has 1 heterocycles. The number of carbonyl (C=O) groups is 2. The summed E-state index contributed by atoms with van der Waals surface area (Å²) in [6, 6.07) is 8.10. The summed E-state index contributed by atoms with van der Waals surface area (Å²) in [6.07, 6.45) is 1.53. The van der Waals surface area contributed by atoms with E-state index in [4.69, 9.17) is 14.6 Å². The van der Waals surface area contributed by atoms with Gasteiger partial charge in [0.25, 0.3) is 0 Å². The van der Waals surface area contributed by atoms with E-state index in [2.05, 4.69) is 11.8 Å². The van der Waals surface area contributed by atoms with E-state index in [9.17, 15) is 9.59 Å². The van der Waals surface area contributed by atoms with Crippen LogP contribution in [0.25, 0.3) is 0 Å². The fourth-order valence-corrected chi connectivity index (χ4v) is 2.21. The van der Waals surface area contributed by atoms with Crippen LogP contribution in [0.15, 0.2) is 24.3 Å². The van der Waals surface area contributed by atoms with Crippen molar-refractivity contribution in [3.05, 3.63) is 29.8 Å². The number of amides is 2. The van der Waals surface area contributed by atoms with Crippen LogP contribution in [0.1, 0.15) is 66.9 Å². The molecule has 0 spiro atoms. The first-order valence-corrected chi connectivity index (χ1v) is 10.5. The SMILES string of the molecule is CC(C)O.CC(N)=O.COC(C)(C)C(C)(C)OC.Cc1cccc(N2CCCC2=O)c1. The Balaban J connectivity index is 0. The molecule has 2 rings (SSSR count). The van der Waals surface area contributed by atoms with Gasteiger partial charge in [0.05, 0.1) is 11.2 Å². The van der Waals surface area contributed by atoms with E-state index in [1.54, 1.807) is 28.1 Å². The van der Waals surface area contributed by atoms with Gasteiger partial charge >= 0.3 is 0 Å². The summed E-state index contributed by atoms with van der Waals surface area (Å²) in [5.74, 6) is -0.0781. The molecule has 0 atom stereocenters. The first-order chi connectivity index (χ1) is 14.1. The van der Waals surface area contributed by atoms with Crippen LogP contribution in [0.5, 0.6) is 0 Å². The van der Waals surface area contributed by atoms with E-state index in [1.807, 2.05) is 57.7 Å². The number of nitrogens with zero attached hydrogens (tertiary/aromatic N) is 1. The van der Waals surface area contributed by atoms with Crippen molar-refractivity contribution < 1.29 is 24.2 Å². The molecule has 1 aromatic rings. The number of rotatable bonds is 4. The second-order valence-electron chi connectivity index (χ2n) is 8.62. The molecule has 2 amide bonds. The summed E-state index contributed by atoms with van der Waals surface area (Å²) >= 11 is 0. The third-order valence-electron chi connectivity index (χ3n) is 4.86. The van der Waals surface area contributed by atoms with E-state index in [-0.39, 0.29) is 29.1 Å². The third-order valence-corrected chi connectivity index (χ3v) is 4.86. The van der Waals surface area contributed by atoms with Gasteiger partial charge in [-0.1, -0.05) is 12.1 Å². The molecule has 0 saturated carbocycles. The summed E-state index contributed by atoms with van der Waals surface area (Å²) in [4.78, 5) is 22.5. The Morgan fingerprint density at radius 2 is 1.55 bits per heavy atom. The van der Waals surface area contributed by atoms with Crippen molar-refractivity contribution in [2.24, 2.45) is 5.73 Å². The number of ether oxygens (including phenoxy) is 2. The van der Waals surface area contributed by atoms with Crippen LogP contribution in [0.3, 0.4) is 0 Å². The monoisotopic (exact) mass is 440 g/mol. The largest absolute Gasteiger partial charge is 0.394 e. The predicted molar refractivity (Wildman–Crippen MR) is 127 cm³/mol. The number of aryl methyl sites for hydroxylation is 1. The van der Waals surface area contributed by atoms with Crippen molar-refractivity contribution in [2.45, 2.75) is 85.5 Å². The molecule has 0 bridgehead atoms. The lowest BCUT2D eigenvalue weighted by molar-refractivity contribution is -0.147. The molecule has 0 aliphatic carbocycles. The van der Waals surface area contributed by atoms with Gasteiger partial charge in [0.1, 0.15) is 0 Å². The van der Waals surface area contributed by atoms with Crippen LogP contribution < -0.4 is 10.6 Å². The smallest absolute Gasteiger partial charge is 0.227 e. The van der Waals surface area contributed by atoms with Crippen molar-refractivity contribution in [3.8, 4) is 0 Å². The number of aliphatic hydroxyl groups excluding tert-OH is 1. The normalized spacial score (nSPS) is 13.4. The van der Waals surface area contributed by atoms with Crippen LogP contribution in [0, 0.1) is 6.92 Å². The quantitative estimate of drug-likeness (QED) is 0.741. The van der Waals surface area contributed by atoms with Crippen LogP contribution in [-0.2, 0) is 19.1 Å². The Morgan fingerprint density at radius 1 is 1.13 bits per heavy atom. The highest BCUT2D eigenvalue weighted by molar-refractivity contribution is 5.95. The van der Waals surface area contributed by atoms with Gasteiger partial charge in [-0.2, -0.15) is 0 Å². The van der Waals surface area contributed by atoms with Crippen LogP contribution in [0.4, 0.5) is 5.69 Å².